The summed E-state index contributed by atoms with van der Waals surface area (Å²) in [5.41, 5.74) is 0.183. The molecule has 1 heterocycles. The van der Waals surface area contributed by atoms with Gasteiger partial charge in [0.05, 0.1) is 12.1 Å². The second-order valence-electron chi connectivity index (χ2n) is 4.83. The first-order valence-corrected chi connectivity index (χ1v) is 6.81. The maximum absolute atomic E-state index is 13.7. The summed E-state index contributed by atoms with van der Waals surface area (Å²) in [4.78, 5) is 35.4. The molecule has 1 fully saturated rings. The van der Waals surface area contributed by atoms with Crippen LogP contribution < -0.4 is 15.5 Å². The summed E-state index contributed by atoms with van der Waals surface area (Å²) in [7, 11) is 0. The van der Waals surface area contributed by atoms with E-state index in [-0.39, 0.29) is 18.7 Å². The lowest BCUT2D eigenvalue weighted by molar-refractivity contribution is -0.136. The molecule has 1 aliphatic heterocycles. The number of nitrogens with zero attached hydrogens (tertiary/aromatic N) is 1. The normalized spacial score (nSPS) is 17.4. The molecule has 1 aromatic carbocycles. The predicted octanol–water partition coefficient (Wildman–Crippen LogP) is 0.705. The summed E-state index contributed by atoms with van der Waals surface area (Å²) in [6, 6.07) is 4.57. The van der Waals surface area contributed by atoms with Gasteiger partial charge >= 0.3 is 12.0 Å². The molecule has 0 radical (unpaired) electrons. The van der Waals surface area contributed by atoms with Crippen molar-refractivity contribution in [1.29, 1.82) is 0 Å². The van der Waals surface area contributed by atoms with E-state index in [0.717, 1.165) is 0 Å². The van der Waals surface area contributed by atoms with Crippen LogP contribution in [0, 0.1) is 5.82 Å². The van der Waals surface area contributed by atoms with Crippen molar-refractivity contribution >= 4 is 23.6 Å². The van der Waals surface area contributed by atoms with E-state index in [1.165, 1.54) is 23.1 Å². The number of amides is 3. The molecule has 118 valence electrons. The maximum Gasteiger partial charge on any atom is 0.315 e. The van der Waals surface area contributed by atoms with Crippen LogP contribution in [-0.4, -0.2) is 42.1 Å². The molecule has 3 amide bonds. The number of rotatable bonds is 5. The van der Waals surface area contributed by atoms with E-state index in [2.05, 4.69) is 10.6 Å². The van der Waals surface area contributed by atoms with Crippen molar-refractivity contribution in [3.63, 3.8) is 0 Å². The SMILES string of the molecule is O=C(O)CCNC(=O)NC1CCN(c2ccccc2F)C1=O. The van der Waals surface area contributed by atoms with Crippen molar-refractivity contribution in [1.82, 2.24) is 10.6 Å². The fraction of sp³-hybridized carbons (Fsp3) is 0.357. The Bertz CT molecular complexity index is 593. The predicted molar refractivity (Wildman–Crippen MR) is 75.9 cm³/mol. The van der Waals surface area contributed by atoms with E-state index >= 15 is 0 Å². The number of urea groups is 1. The molecular weight excluding hydrogens is 293 g/mol. The largest absolute Gasteiger partial charge is 0.481 e. The molecular formula is C14H16FN3O4. The summed E-state index contributed by atoms with van der Waals surface area (Å²) in [5, 5.41) is 13.3. The molecule has 1 unspecified atom stereocenters. The summed E-state index contributed by atoms with van der Waals surface area (Å²) in [6.07, 6.45) is 0.160. The quantitative estimate of drug-likeness (QED) is 0.746. The van der Waals surface area contributed by atoms with Gasteiger partial charge in [0.15, 0.2) is 0 Å². The summed E-state index contributed by atoms with van der Waals surface area (Å²) in [5.74, 6) is -1.91. The minimum Gasteiger partial charge on any atom is -0.481 e. The number of benzene rings is 1. The maximum atomic E-state index is 13.7. The summed E-state index contributed by atoms with van der Waals surface area (Å²) in [6.45, 7) is 0.277. The number of anilines is 1. The van der Waals surface area contributed by atoms with Gasteiger partial charge in [0.25, 0.3) is 0 Å². The van der Waals surface area contributed by atoms with Crippen LogP contribution >= 0.6 is 0 Å². The van der Waals surface area contributed by atoms with Crippen LogP contribution in [0.1, 0.15) is 12.8 Å². The molecule has 1 aromatic rings. The van der Waals surface area contributed by atoms with E-state index in [9.17, 15) is 18.8 Å². The zero-order chi connectivity index (χ0) is 16.1. The number of halogens is 1. The Morgan fingerprint density at radius 2 is 2.09 bits per heavy atom. The second-order valence-corrected chi connectivity index (χ2v) is 4.83. The van der Waals surface area contributed by atoms with Crippen LogP contribution in [0.5, 0.6) is 0 Å². The highest BCUT2D eigenvalue weighted by Crippen LogP contribution is 2.24. The molecule has 8 heteroatoms. The first kappa shape index (κ1) is 15.7. The van der Waals surface area contributed by atoms with E-state index in [1.54, 1.807) is 6.07 Å². The van der Waals surface area contributed by atoms with Gasteiger partial charge in [-0.15, -0.1) is 0 Å². The van der Waals surface area contributed by atoms with Crippen LogP contribution in [-0.2, 0) is 9.59 Å². The first-order chi connectivity index (χ1) is 10.5. The number of aliphatic carboxylic acids is 1. The van der Waals surface area contributed by atoms with Gasteiger partial charge in [0.1, 0.15) is 11.9 Å². The van der Waals surface area contributed by atoms with E-state index in [4.69, 9.17) is 5.11 Å². The minimum absolute atomic E-state index is 0.0287. The van der Waals surface area contributed by atoms with Gasteiger partial charge in [0.2, 0.25) is 5.91 Å². The molecule has 2 rings (SSSR count). The molecule has 3 N–H and O–H groups in total. The number of para-hydroxylation sites is 1. The Morgan fingerprint density at radius 3 is 2.77 bits per heavy atom. The van der Waals surface area contributed by atoms with Crippen LogP contribution in [0.2, 0.25) is 0 Å². The highest BCUT2D eigenvalue weighted by Gasteiger charge is 2.34. The van der Waals surface area contributed by atoms with Gasteiger partial charge in [-0.3, -0.25) is 9.59 Å². The van der Waals surface area contributed by atoms with Gasteiger partial charge in [0, 0.05) is 13.1 Å². The van der Waals surface area contributed by atoms with Gasteiger partial charge in [-0.1, -0.05) is 12.1 Å². The number of carbonyl (C=O) groups excluding carboxylic acids is 2. The number of hydrogen-bond donors (Lipinski definition) is 3. The zero-order valence-corrected chi connectivity index (χ0v) is 11.7. The number of carbonyl (C=O) groups is 3. The van der Waals surface area contributed by atoms with Crippen LogP contribution in [0.25, 0.3) is 0 Å². The number of carboxylic acids is 1. The van der Waals surface area contributed by atoms with Gasteiger partial charge in [-0.25, -0.2) is 9.18 Å². The molecule has 0 spiro atoms. The Hall–Kier alpha value is -2.64. The number of hydrogen-bond acceptors (Lipinski definition) is 3. The van der Waals surface area contributed by atoms with Crippen LogP contribution in [0.3, 0.4) is 0 Å². The zero-order valence-electron chi connectivity index (χ0n) is 11.7. The summed E-state index contributed by atoms with van der Waals surface area (Å²) >= 11 is 0. The fourth-order valence-corrected chi connectivity index (χ4v) is 2.22. The molecule has 22 heavy (non-hydrogen) atoms. The third-order valence-electron chi connectivity index (χ3n) is 3.28. The molecule has 1 atom stereocenters. The Kier molecular flexibility index (Phi) is 4.92. The van der Waals surface area contributed by atoms with Crippen molar-refractivity contribution in [3.8, 4) is 0 Å². The van der Waals surface area contributed by atoms with Crippen LogP contribution in [0.15, 0.2) is 24.3 Å². The molecule has 1 aliphatic rings. The number of carboxylic acid groups (broad SMARTS) is 1. The van der Waals surface area contributed by atoms with E-state index in [0.29, 0.717) is 13.0 Å². The van der Waals surface area contributed by atoms with Crippen molar-refractivity contribution in [2.75, 3.05) is 18.0 Å². The first-order valence-electron chi connectivity index (χ1n) is 6.81. The average Bonchev–Trinajstić information content (AvgIpc) is 2.80. The third-order valence-corrected chi connectivity index (χ3v) is 3.28. The van der Waals surface area contributed by atoms with Crippen molar-refractivity contribution in [2.45, 2.75) is 18.9 Å². The molecule has 0 aromatic heterocycles. The lowest BCUT2D eigenvalue weighted by atomic mass is 10.2. The topological polar surface area (TPSA) is 98.7 Å². The van der Waals surface area contributed by atoms with Gasteiger partial charge in [-0.2, -0.15) is 0 Å². The molecule has 0 bridgehead atoms. The summed E-state index contributed by atoms with van der Waals surface area (Å²) < 4.78 is 13.7. The fourth-order valence-electron chi connectivity index (χ4n) is 2.22. The van der Waals surface area contributed by atoms with E-state index in [1.807, 2.05) is 0 Å². The molecule has 0 aliphatic carbocycles. The number of nitrogens with one attached hydrogen (secondary N) is 2. The lowest BCUT2D eigenvalue weighted by Crippen LogP contribution is -2.46. The molecule has 1 saturated heterocycles. The Labute approximate surface area is 126 Å². The third kappa shape index (κ3) is 3.72. The van der Waals surface area contributed by atoms with Gasteiger partial charge < -0.3 is 20.6 Å². The minimum atomic E-state index is -1.03. The van der Waals surface area contributed by atoms with E-state index < -0.39 is 29.8 Å². The second kappa shape index (κ2) is 6.88. The average molecular weight is 309 g/mol. The molecule has 0 saturated carbocycles. The Balaban J connectivity index is 1.90. The van der Waals surface area contributed by atoms with Gasteiger partial charge in [-0.05, 0) is 18.6 Å². The lowest BCUT2D eigenvalue weighted by Gasteiger charge is -2.18. The monoisotopic (exact) mass is 309 g/mol. The standard InChI is InChI=1S/C14H16FN3O4/c15-9-3-1-2-4-11(9)18-8-6-10(13(18)21)17-14(22)16-7-5-12(19)20/h1-4,10H,5-8H2,(H,19,20)(H2,16,17,22). The van der Waals surface area contributed by atoms with Crippen molar-refractivity contribution in [3.05, 3.63) is 30.1 Å². The smallest absolute Gasteiger partial charge is 0.315 e. The molecule has 7 nitrogen and oxygen atoms in total. The Morgan fingerprint density at radius 1 is 1.36 bits per heavy atom. The van der Waals surface area contributed by atoms with Crippen LogP contribution in [0.4, 0.5) is 14.9 Å². The highest BCUT2D eigenvalue weighted by atomic mass is 19.1. The van der Waals surface area contributed by atoms with Crippen molar-refractivity contribution in [2.24, 2.45) is 0 Å². The van der Waals surface area contributed by atoms with Crippen molar-refractivity contribution < 1.29 is 23.9 Å². The highest BCUT2D eigenvalue weighted by molar-refractivity contribution is 6.01.